The zero-order chi connectivity index (χ0) is 22.7. The average Bonchev–Trinajstić information content (AvgIpc) is 3.45. The van der Waals surface area contributed by atoms with Gasteiger partial charge in [0.1, 0.15) is 12.4 Å². The van der Waals surface area contributed by atoms with E-state index in [9.17, 15) is 9.90 Å². The van der Waals surface area contributed by atoms with Crippen LogP contribution in [0, 0.1) is 5.92 Å². The summed E-state index contributed by atoms with van der Waals surface area (Å²) in [5.74, 6) is 0.159. The minimum Gasteiger partial charge on any atom is -0.461 e. The number of hydrogen-bond donors (Lipinski definition) is 1. The maximum absolute atomic E-state index is 12.2. The van der Waals surface area contributed by atoms with Crippen molar-refractivity contribution in [3.8, 4) is 11.1 Å². The van der Waals surface area contributed by atoms with Crippen LogP contribution in [0.15, 0.2) is 67.1 Å². The van der Waals surface area contributed by atoms with Crippen LogP contribution in [0.3, 0.4) is 0 Å². The molecule has 0 amide bonds. The summed E-state index contributed by atoms with van der Waals surface area (Å²) in [6.45, 7) is 3.51. The SMILES string of the molecule is O=COC(C[C@@H](Cc1ccncn1)CN1CCCC1)C1(O)c2ccccc2-c2ccccc21. The fourth-order valence-electron chi connectivity index (χ4n) is 5.57. The second-order valence-electron chi connectivity index (χ2n) is 9.09. The van der Waals surface area contributed by atoms with E-state index in [-0.39, 0.29) is 5.92 Å². The number of carbonyl (C=O) groups is 1. The molecule has 1 unspecified atom stereocenters. The standard InChI is InChI=1S/C27H29N3O3/c31-19-33-26(16-20(17-30-13-5-6-14-30)15-21-11-12-28-18-29-21)27(32)24-9-3-1-7-22(24)23-8-2-4-10-25(23)27/h1-4,7-12,18-20,26,32H,5-6,13-17H2/t20-,26?/m1/s1. The zero-order valence-electron chi connectivity index (χ0n) is 18.6. The molecule has 6 heteroatoms. The Labute approximate surface area is 194 Å². The minimum atomic E-state index is -1.40. The van der Waals surface area contributed by atoms with Crippen LogP contribution in [-0.4, -0.2) is 52.2 Å². The number of hydrogen-bond acceptors (Lipinski definition) is 6. The Hall–Kier alpha value is -3.09. The number of likely N-dealkylation sites (tertiary alicyclic amines) is 1. The molecule has 5 rings (SSSR count). The highest BCUT2D eigenvalue weighted by Gasteiger charge is 2.49. The first-order valence-corrected chi connectivity index (χ1v) is 11.7. The molecule has 0 spiro atoms. The molecule has 2 aliphatic rings. The van der Waals surface area contributed by atoms with Gasteiger partial charge in [0.05, 0.1) is 0 Å². The number of aliphatic hydroxyl groups is 1. The lowest BCUT2D eigenvalue weighted by atomic mass is 9.80. The molecule has 1 aliphatic heterocycles. The number of aromatic nitrogens is 2. The van der Waals surface area contributed by atoms with E-state index in [2.05, 4.69) is 14.9 Å². The van der Waals surface area contributed by atoms with Gasteiger partial charge < -0.3 is 14.7 Å². The second-order valence-corrected chi connectivity index (χ2v) is 9.09. The summed E-state index contributed by atoms with van der Waals surface area (Å²) < 4.78 is 5.69. The molecule has 2 heterocycles. The van der Waals surface area contributed by atoms with Crippen molar-refractivity contribution in [1.29, 1.82) is 0 Å². The van der Waals surface area contributed by atoms with Crippen molar-refractivity contribution < 1.29 is 14.6 Å². The van der Waals surface area contributed by atoms with Gasteiger partial charge in [-0.05, 0) is 73.0 Å². The van der Waals surface area contributed by atoms with Crippen LogP contribution < -0.4 is 0 Å². The second kappa shape index (κ2) is 9.41. The third-order valence-electron chi connectivity index (χ3n) is 7.05. The minimum absolute atomic E-state index is 0.159. The predicted octanol–water partition coefficient (Wildman–Crippen LogP) is 3.58. The Morgan fingerprint density at radius 1 is 1.03 bits per heavy atom. The van der Waals surface area contributed by atoms with Crippen LogP contribution in [0.2, 0.25) is 0 Å². The van der Waals surface area contributed by atoms with E-state index >= 15 is 0 Å². The van der Waals surface area contributed by atoms with Crippen LogP contribution >= 0.6 is 0 Å². The molecule has 3 aromatic rings. The van der Waals surface area contributed by atoms with Crippen LogP contribution in [0.1, 0.15) is 36.1 Å². The van der Waals surface area contributed by atoms with Gasteiger partial charge in [-0.3, -0.25) is 4.79 Å². The number of fused-ring (bicyclic) bond motifs is 3. The van der Waals surface area contributed by atoms with Crippen LogP contribution in [0.25, 0.3) is 11.1 Å². The van der Waals surface area contributed by atoms with Crippen molar-refractivity contribution in [1.82, 2.24) is 14.9 Å². The van der Waals surface area contributed by atoms with Crippen molar-refractivity contribution in [2.24, 2.45) is 5.92 Å². The maximum atomic E-state index is 12.2. The number of nitrogens with zero attached hydrogens (tertiary/aromatic N) is 3. The van der Waals surface area contributed by atoms with E-state index < -0.39 is 11.7 Å². The summed E-state index contributed by atoms with van der Waals surface area (Å²) in [7, 11) is 0. The monoisotopic (exact) mass is 443 g/mol. The molecule has 2 atom stereocenters. The van der Waals surface area contributed by atoms with Gasteiger partial charge in [0.15, 0.2) is 5.60 Å². The molecular weight excluding hydrogens is 414 g/mol. The normalized spacial score (nSPS) is 18.3. The van der Waals surface area contributed by atoms with E-state index in [0.717, 1.165) is 54.0 Å². The van der Waals surface area contributed by atoms with Gasteiger partial charge in [-0.2, -0.15) is 0 Å². The average molecular weight is 444 g/mol. The lowest BCUT2D eigenvalue weighted by Crippen LogP contribution is -2.43. The number of rotatable bonds is 9. The van der Waals surface area contributed by atoms with Gasteiger partial charge in [-0.1, -0.05) is 48.5 Å². The quantitative estimate of drug-likeness (QED) is 0.510. The first kappa shape index (κ1) is 21.7. The van der Waals surface area contributed by atoms with E-state index in [4.69, 9.17) is 4.74 Å². The maximum Gasteiger partial charge on any atom is 0.293 e. The Morgan fingerprint density at radius 3 is 2.30 bits per heavy atom. The summed E-state index contributed by atoms with van der Waals surface area (Å²) in [5.41, 5.74) is 3.12. The number of benzene rings is 2. The molecular formula is C27H29N3O3. The zero-order valence-corrected chi connectivity index (χ0v) is 18.6. The smallest absolute Gasteiger partial charge is 0.293 e. The molecule has 0 saturated carbocycles. The molecule has 33 heavy (non-hydrogen) atoms. The van der Waals surface area contributed by atoms with E-state index in [0.29, 0.717) is 12.9 Å². The largest absolute Gasteiger partial charge is 0.461 e. The van der Waals surface area contributed by atoms with E-state index in [1.807, 2.05) is 54.6 Å². The Morgan fingerprint density at radius 2 is 1.70 bits per heavy atom. The van der Waals surface area contributed by atoms with Crippen molar-refractivity contribution in [3.05, 3.63) is 83.9 Å². The summed E-state index contributed by atoms with van der Waals surface area (Å²) in [5, 5.41) is 12.2. The summed E-state index contributed by atoms with van der Waals surface area (Å²) in [6, 6.07) is 17.7. The van der Waals surface area contributed by atoms with Crippen molar-refractivity contribution in [2.75, 3.05) is 19.6 Å². The first-order valence-electron chi connectivity index (χ1n) is 11.7. The van der Waals surface area contributed by atoms with Crippen molar-refractivity contribution in [2.45, 2.75) is 37.4 Å². The fourth-order valence-corrected chi connectivity index (χ4v) is 5.57. The van der Waals surface area contributed by atoms with Crippen molar-refractivity contribution in [3.63, 3.8) is 0 Å². The highest BCUT2D eigenvalue weighted by molar-refractivity contribution is 5.80. The third kappa shape index (κ3) is 4.16. The fraction of sp³-hybridized carbons (Fsp3) is 0.370. The summed E-state index contributed by atoms with van der Waals surface area (Å²) >= 11 is 0. The predicted molar refractivity (Wildman–Crippen MR) is 125 cm³/mol. The Balaban J connectivity index is 1.50. The molecule has 1 saturated heterocycles. The summed E-state index contributed by atoms with van der Waals surface area (Å²) in [4.78, 5) is 22.6. The van der Waals surface area contributed by atoms with Gasteiger partial charge >= 0.3 is 0 Å². The molecule has 1 fully saturated rings. The summed E-state index contributed by atoms with van der Waals surface area (Å²) in [6.07, 6.45) is 6.28. The lowest BCUT2D eigenvalue weighted by Gasteiger charge is -2.36. The van der Waals surface area contributed by atoms with Crippen LogP contribution in [0.4, 0.5) is 0 Å². The molecule has 2 aromatic carbocycles. The topological polar surface area (TPSA) is 75.5 Å². The van der Waals surface area contributed by atoms with Crippen molar-refractivity contribution >= 4 is 6.47 Å². The molecule has 0 bridgehead atoms. The van der Waals surface area contributed by atoms with Crippen LogP contribution in [-0.2, 0) is 21.6 Å². The van der Waals surface area contributed by atoms with Gasteiger partial charge in [0.2, 0.25) is 0 Å². The molecule has 6 nitrogen and oxygen atoms in total. The number of carbonyl (C=O) groups excluding carboxylic acids is 1. The molecule has 1 aliphatic carbocycles. The molecule has 1 aromatic heterocycles. The highest BCUT2D eigenvalue weighted by atomic mass is 16.5. The number of ether oxygens (including phenoxy) is 1. The van der Waals surface area contributed by atoms with Gasteiger partial charge in [-0.25, -0.2) is 9.97 Å². The first-order chi connectivity index (χ1) is 16.2. The molecule has 1 N–H and O–H groups in total. The van der Waals surface area contributed by atoms with Gasteiger partial charge in [-0.15, -0.1) is 0 Å². The third-order valence-corrected chi connectivity index (χ3v) is 7.05. The Bertz CT molecular complexity index is 1050. The van der Waals surface area contributed by atoms with Gasteiger partial charge in [0.25, 0.3) is 6.47 Å². The Kier molecular flexibility index (Phi) is 6.20. The van der Waals surface area contributed by atoms with Crippen LogP contribution in [0.5, 0.6) is 0 Å². The molecule has 170 valence electrons. The lowest BCUT2D eigenvalue weighted by molar-refractivity contribution is -0.148. The van der Waals surface area contributed by atoms with Gasteiger partial charge in [0, 0.05) is 18.4 Å². The van der Waals surface area contributed by atoms with E-state index in [1.54, 1.807) is 12.5 Å². The highest BCUT2D eigenvalue weighted by Crippen LogP contribution is 2.50. The van der Waals surface area contributed by atoms with E-state index in [1.165, 1.54) is 12.8 Å². The molecule has 0 radical (unpaired) electrons.